The molecule has 196 valence electrons. The van der Waals surface area contributed by atoms with Gasteiger partial charge in [-0.05, 0) is 59.7 Å². The number of amides is 1. The lowest BCUT2D eigenvalue weighted by molar-refractivity contribution is -0.137. The van der Waals surface area contributed by atoms with Crippen molar-refractivity contribution < 1.29 is 23.1 Å². The highest BCUT2D eigenvalue weighted by molar-refractivity contribution is 6.13. The van der Waals surface area contributed by atoms with Gasteiger partial charge in [0.2, 0.25) is 0 Å². The van der Waals surface area contributed by atoms with E-state index in [1.807, 2.05) is 59.2 Å². The minimum absolute atomic E-state index is 0.343. The highest BCUT2D eigenvalue weighted by Gasteiger charge is 2.39. The summed E-state index contributed by atoms with van der Waals surface area (Å²) in [6, 6.07) is 33.3. The number of carbonyl (C=O) groups excluding carboxylic acids is 1. The number of alkyl halides is 3. The molecule has 7 rings (SSSR count). The molecule has 1 aliphatic heterocycles. The third-order valence-corrected chi connectivity index (χ3v) is 7.53. The van der Waals surface area contributed by atoms with Crippen LogP contribution in [0.3, 0.4) is 0 Å². The quantitative estimate of drug-likeness (QED) is 0.249. The van der Waals surface area contributed by atoms with Crippen LogP contribution in [0, 0.1) is 0 Å². The van der Waals surface area contributed by atoms with E-state index in [9.17, 15) is 23.1 Å². The predicted octanol–water partition coefficient (Wildman–Crippen LogP) is 8.12. The highest BCUT2D eigenvalue weighted by Crippen LogP contribution is 2.43. The molecule has 0 saturated heterocycles. The lowest BCUT2D eigenvalue weighted by Gasteiger charge is -2.22. The Morgan fingerprint density at radius 2 is 1.35 bits per heavy atom. The minimum Gasteiger partial charge on any atom is -0.369 e. The van der Waals surface area contributed by atoms with Crippen molar-refractivity contribution in [3.63, 3.8) is 0 Å². The Morgan fingerprint density at radius 3 is 2.10 bits per heavy atom. The van der Waals surface area contributed by atoms with Gasteiger partial charge in [0.05, 0.1) is 22.3 Å². The zero-order valence-corrected chi connectivity index (χ0v) is 20.9. The topological polar surface area (TPSA) is 45.5 Å². The molecule has 0 fully saturated rings. The first kappa shape index (κ1) is 24.2. The number of hydrogen-bond acceptors (Lipinski definition) is 2. The number of hydrogen-bond donors (Lipinski definition) is 1. The molecule has 1 atom stereocenters. The summed E-state index contributed by atoms with van der Waals surface area (Å²) in [5.41, 5.74) is 4.33. The minimum atomic E-state index is -4.48. The number of para-hydroxylation sites is 1. The zero-order valence-electron chi connectivity index (χ0n) is 20.9. The summed E-state index contributed by atoms with van der Waals surface area (Å²) in [5.74, 6) is -0.350. The predicted molar refractivity (Wildman–Crippen MR) is 149 cm³/mol. The second-order valence-corrected chi connectivity index (χ2v) is 9.78. The summed E-state index contributed by atoms with van der Waals surface area (Å²) in [7, 11) is 0. The van der Waals surface area contributed by atoms with Crippen LogP contribution in [0.5, 0.6) is 0 Å². The summed E-state index contributed by atoms with van der Waals surface area (Å²) >= 11 is 0. The fourth-order valence-electron chi connectivity index (χ4n) is 5.69. The molecule has 1 N–H and O–H groups in total. The summed E-state index contributed by atoms with van der Waals surface area (Å²) in [5, 5.41) is 12.7. The van der Waals surface area contributed by atoms with E-state index in [1.165, 1.54) is 11.0 Å². The van der Waals surface area contributed by atoms with Gasteiger partial charge in [0.1, 0.15) is 0 Å². The largest absolute Gasteiger partial charge is 0.416 e. The Hall–Kier alpha value is -4.88. The monoisotopic (exact) mass is 534 g/mol. The molecule has 1 aromatic heterocycles. The van der Waals surface area contributed by atoms with Crippen LogP contribution in [-0.4, -0.2) is 15.6 Å². The first-order chi connectivity index (χ1) is 19.3. The van der Waals surface area contributed by atoms with Gasteiger partial charge in [-0.25, -0.2) is 0 Å². The van der Waals surface area contributed by atoms with Gasteiger partial charge in [-0.1, -0.05) is 66.7 Å². The molecule has 0 saturated carbocycles. The summed E-state index contributed by atoms with van der Waals surface area (Å²) < 4.78 is 42.5. The second kappa shape index (κ2) is 8.83. The van der Waals surface area contributed by atoms with E-state index in [4.69, 9.17) is 0 Å². The Bertz CT molecular complexity index is 1930. The number of benzene rings is 5. The number of nitrogens with zero attached hydrogens (tertiary/aromatic N) is 2. The molecule has 1 aliphatic rings. The van der Waals surface area contributed by atoms with E-state index in [0.717, 1.165) is 23.3 Å². The molecule has 0 aliphatic carbocycles. The first-order valence-corrected chi connectivity index (χ1v) is 12.7. The van der Waals surface area contributed by atoms with E-state index in [1.54, 1.807) is 42.5 Å². The standard InChI is InChI=1S/C33H21F3N2O2/c34-33(35,36)22-15-18-28-26(19-22)24-9-4-5-11-27(24)38(28)29-12-6-10-25-30(29)32(40)37(31(25)39)23-16-13-21(14-17-23)20-7-2-1-3-8-20/h1-19,32,40H. The number of rotatable bonds is 3. The number of aliphatic hydroxyl groups is 1. The van der Waals surface area contributed by atoms with Gasteiger partial charge in [-0.3, -0.25) is 9.69 Å². The molecule has 1 amide bonds. The van der Waals surface area contributed by atoms with Crippen molar-refractivity contribution in [1.29, 1.82) is 0 Å². The van der Waals surface area contributed by atoms with Crippen LogP contribution in [0.1, 0.15) is 27.7 Å². The summed E-state index contributed by atoms with van der Waals surface area (Å²) in [4.78, 5) is 14.9. The summed E-state index contributed by atoms with van der Waals surface area (Å²) in [6.45, 7) is 0. The molecule has 5 aromatic carbocycles. The van der Waals surface area contributed by atoms with E-state index in [2.05, 4.69) is 0 Å². The number of aromatic nitrogens is 1. The molecule has 6 aromatic rings. The van der Waals surface area contributed by atoms with Gasteiger partial charge in [0, 0.05) is 27.6 Å². The Balaban J connectivity index is 1.37. The van der Waals surface area contributed by atoms with Gasteiger partial charge < -0.3 is 9.67 Å². The molecular formula is C33H21F3N2O2. The van der Waals surface area contributed by atoms with Crippen molar-refractivity contribution in [3.05, 3.63) is 132 Å². The maximum absolute atomic E-state index is 13.6. The van der Waals surface area contributed by atoms with Gasteiger partial charge >= 0.3 is 6.18 Å². The van der Waals surface area contributed by atoms with Gasteiger partial charge in [0.25, 0.3) is 5.91 Å². The van der Waals surface area contributed by atoms with E-state index in [-0.39, 0.29) is 5.91 Å². The Morgan fingerprint density at radius 1 is 0.675 bits per heavy atom. The maximum Gasteiger partial charge on any atom is 0.416 e. The third-order valence-electron chi connectivity index (χ3n) is 7.53. The number of fused-ring (bicyclic) bond motifs is 4. The zero-order chi connectivity index (χ0) is 27.6. The molecule has 0 radical (unpaired) electrons. The fourth-order valence-corrected chi connectivity index (χ4v) is 5.69. The Labute approximate surface area is 227 Å². The van der Waals surface area contributed by atoms with E-state index < -0.39 is 18.0 Å². The SMILES string of the molecule is O=C1c2cccc(-n3c4ccccc4c4cc(C(F)(F)F)ccc43)c2C(O)N1c1ccc(-c2ccccc2)cc1. The average molecular weight is 535 g/mol. The number of halogens is 3. The van der Waals surface area contributed by atoms with Crippen LogP contribution < -0.4 is 4.90 Å². The molecule has 0 bridgehead atoms. The van der Waals surface area contributed by atoms with Crippen LogP contribution in [-0.2, 0) is 6.18 Å². The number of anilines is 1. The third kappa shape index (κ3) is 3.62. The average Bonchev–Trinajstić information content (AvgIpc) is 3.44. The van der Waals surface area contributed by atoms with Crippen molar-refractivity contribution in [1.82, 2.24) is 4.57 Å². The van der Waals surface area contributed by atoms with Crippen LogP contribution in [0.2, 0.25) is 0 Å². The van der Waals surface area contributed by atoms with Crippen LogP contribution in [0.4, 0.5) is 18.9 Å². The number of aliphatic hydroxyl groups excluding tert-OH is 1. The number of carbonyl (C=O) groups is 1. The molecule has 2 heterocycles. The molecular weight excluding hydrogens is 513 g/mol. The highest BCUT2D eigenvalue weighted by atomic mass is 19.4. The van der Waals surface area contributed by atoms with Crippen LogP contribution in [0.25, 0.3) is 38.6 Å². The van der Waals surface area contributed by atoms with Crippen molar-refractivity contribution in [2.45, 2.75) is 12.4 Å². The molecule has 4 nitrogen and oxygen atoms in total. The van der Waals surface area contributed by atoms with E-state index in [0.29, 0.717) is 44.3 Å². The second-order valence-electron chi connectivity index (χ2n) is 9.78. The fraction of sp³-hybridized carbons (Fsp3) is 0.0606. The summed E-state index contributed by atoms with van der Waals surface area (Å²) in [6.07, 6.45) is -5.77. The lowest BCUT2D eigenvalue weighted by atomic mass is 10.1. The van der Waals surface area contributed by atoms with Crippen molar-refractivity contribution in [2.24, 2.45) is 0 Å². The van der Waals surface area contributed by atoms with Crippen LogP contribution in [0.15, 0.2) is 115 Å². The molecule has 0 spiro atoms. The molecule has 40 heavy (non-hydrogen) atoms. The van der Waals surface area contributed by atoms with Gasteiger partial charge in [-0.2, -0.15) is 13.2 Å². The smallest absolute Gasteiger partial charge is 0.369 e. The normalized spacial score (nSPS) is 15.2. The van der Waals surface area contributed by atoms with Crippen molar-refractivity contribution in [2.75, 3.05) is 4.90 Å². The molecule has 1 unspecified atom stereocenters. The van der Waals surface area contributed by atoms with Crippen LogP contribution >= 0.6 is 0 Å². The van der Waals surface area contributed by atoms with E-state index >= 15 is 0 Å². The lowest BCUT2D eigenvalue weighted by Crippen LogP contribution is -2.27. The molecule has 7 heteroatoms. The van der Waals surface area contributed by atoms with Gasteiger partial charge in [-0.15, -0.1) is 0 Å². The van der Waals surface area contributed by atoms with Crippen molar-refractivity contribution >= 4 is 33.4 Å². The van der Waals surface area contributed by atoms with Crippen molar-refractivity contribution in [3.8, 4) is 16.8 Å². The van der Waals surface area contributed by atoms with Gasteiger partial charge in [0.15, 0.2) is 6.23 Å². The first-order valence-electron chi connectivity index (χ1n) is 12.7. The maximum atomic E-state index is 13.6. The Kier molecular flexibility index (Phi) is 5.34.